The molecule has 1 atom stereocenters. The van der Waals surface area contributed by atoms with Crippen LogP contribution in [0.1, 0.15) is 13.8 Å². The summed E-state index contributed by atoms with van der Waals surface area (Å²) >= 11 is 0. The van der Waals surface area contributed by atoms with Gasteiger partial charge in [0.05, 0.1) is 26.9 Å². The minimum absolute atomic E-state index is 0.0426. The summed E-state index contributed by atoms with van der Waals surface area (Å²) in [6.07, 6.45) is 4.58. The Morgan fingerprint density at radius 3 is 2.45 bits per heavy atom. The zero-order chi connectivity index (χ0) is 15.4. The van der Waals surface area contributed by atoms with E-state index < -0.39 is 5.97 Å². The third kappa shape index (κ3) is 10.0. The summed E-state index contributed by atoms with van der Waals surface area (Å²) in [5.41, 5.74) is 0.546. The van der Waals surface area contributed by atoms with Gasteiger partial charge in [-0.15, -0.1) is 0 Å². The van der Waals surface area contributed by atoms with Crippen molar-refractivity contribution in [2.24, 2.45) is 5.92 Å². The van der Waals surface area contributed by atoms with E-state index in [-0.39, 0.29) is 25.1 Å². The Labute approximate surface area is 118 Å². The fourth-order valence-corrected chi connectivity index (χ4v) is 1.17. The van der Waals surface area contributed by atoms with Crippen molar-refractivity contribution in [3.8, 4) is 0 Å². The van der Waals surface area contributed by atoms with E-state index in [2.05, 4.69) is 4.74 Å². The molecule has 6 heteroatoms. The molecular formula is C14H20O6. The van der Waals surface area contributed by atoms with Crippen LogP contribution in [0, 0.1) is 5.92 Å². The van der Waals surface area contributed by atoms with Crippen LogP contribution in [-0.2, 0) is 28.6 Å². The molecule has 0 amide bonds. The quantitative estimate of drug-likeness (QED) is 0.272. The first-order chi connectivity index (χ1) is 9.49. The second-order valence-electron chi connectivity index (χ2n) is 4.16. The summed E-state index contributed by atoms with van der Waals surface area (Å²) < 4.78 is 14.7. The number of carbonyl (C=O) groups is 3. The predicted molar refractivity (Wildman–Crippen MR) is 71.9 cm³/mol. The second-order valence-corrected chi connectivity index (χ2v) is 4.16. The van der Waals surface area contributed by atoms with Gasteiger partial charge in [0, 0.05) is 18.9 Å². The molecular weight excluding hydrogens is 264 g/mol. The molecule has 0 rings (SSSR count). The monoisotopic (exact) mass is 284 g/mol. The lowest BCUT2D eigenvalue weighted by atomic mass is 10.2. The maximum atomic E-state index is 10.9. The van der Waals surface area contributed by atoms with Crippen LogP contribution in [-0.4, -0.2) is 45.2 Å². The van der Waals surface area contributed by atoms with E-state index in [0.29, 0.717) is 18.5 Å². The van der Waals surface area contributed by atoms with Crippen molar-refractivity contribution in [3.05, 3.63) is 23.8 Å². The lowest BCUT2D eigenvalue weighted by Crippen LogP contribution is -2.15. The SMILES string of the molecule is COC(=O)/C=C\C(=C/C=O)COC[C@H](C)COC(C)=O. The van der Waals surface area contributed by atoms with Gasteiger partial charge in [-0.05, 0) is 17.7 Å². The number of allylic oxidation sites excluding steroid dienone is 1. The molecule has 0 aromatic carbocycles. The number of esters is 2. The molecule has 0 radical (unpaired) electrons. The Morgan fingerprint density at radius 2 is 1.90 bits per heavy atom. The molecule has 0 N–H and O–H groups in total. The van der Waals surface area contributed by atoms with E-state index in [1.165, 1.54) is 32.3 Å². The average Bonchev–Trinajstić information content (AvgIpc) is 2.42. The van der Waals surface area contributed by atoms with Gasteiger partial charge in [0.2, 0.25) is 0 Å². The third-order valence-electron chi connectivity index (χ3n) is 2.16. The predicted octanol–water partition coefficient (Wildman–Crippen LogP) is 1.06. The van der Waals surface area contributed by atoms with E-state index in [1.54, 1.807) is 0 Å². The van der Waals surface area contributed by atoms with Gasteiger partial charge >= 0.3 is 11.9 Å². The summed E-state index contributed by atoms with van der Waals surface area (Å²) in [5.74, 6) is -0.801. The van der Waals surface area contributed by atoms with Gasteiger partial charge in [0.25, 0.3) is 0 Å². The maximum absolute atomic E-state index is 10.9. The van der Waals surface area contributed by atoms with Gasteiger partial charge in [-0.2, -0.15) is 0 Å². The molecule has 0 saturated heterocycles. The maximum Gasteiger partial charge on any atom is 0.330 e. The Kier molecular flexibility index (Phi) is 9.86. The molecule has 0 aromatic rings. The molecule has 0 fully saturated rings. The molecule has 0 heterocycles. The fourth-order valence-electron chi connectivity index (χ4n) is 1.17. The molecule has 0 aromatic heterocycles. The van der Waals surface area contributed by atoms with E-state index in [9.17, 15) is 14.4 Å². The highest BCUT2D eigenvalue weighted by molar-refractivity contribution is 5.82. The van der Waals surface area contributed by atoms with Crippen LogP contribution in [0.2, 0.25) is 0 Å². The summed E-state index contributed by atoms with van der Waals surface area (Å²) in [6.45, 7) is 4.04. The van der Waals surface area contributed by atoms with Gasteiger partial charge in [0.15, 0.2) is 0 Å². The number of aldehydes is 1. The standard InChI is InChI=1S/C14H20O6/c1-11(9-20-12(2)16)8-19-10-13(6-7-15)4-5-14(17)18-3/h4-7,11H,8-10H2,1-3H3/b5-4-,13-6+/t11-/m0/s1. The first kappa shape index (κ1) is 18.0. The van der Waals surface area contributed by atoms with Gasteiger partial charge in [-0.25, -0.2) is 4.79 Å². The summed E-state index contributed by atoms with van der Waals surface area (Å²) in [6, 6.07) is 0. The second kappa shape index (κ2) is 10.9. The van der Waals surface area contributed by atoms with Crippen molar-refractivity contribution in [1.82, 2.24) is 0 Å². The van der Waals surface area contributed by atoms with Crippen LogP contribution >= 0.6 is 0 Å². The molecule has 0 bridgehead atoms. The van der Waals surface area contributed by atoms with E-state index in [4.69, 9.17) is 9.47 Å². The van der Waals surface area contributed by atoms with E-state index in [0.717, 1.165) is 0 Å². The zero-order valence-corrected chi connectivity index (χ0v) is 12.0. The zero-order valence-electron chi connectivity index (χ0n) is 12.0. The van der Waals surface area contributed by atoms with Crippen LogP contribution in [0.15, 0.2) is 23.8 Å². The van der Waals surface area contributed by atoms with Crippen molar-refractivity contribution >= 4 is 18.2 Å². The molecule has 0 saturated carbocycles. The normalized spacial score (nSPS) is 13.1. The van der Waals surface area contributed by atoms with Crippen molar-refractivity contribution in [2.75, 3.05) is 26.9 Å². The van der Waals surface area contributed by atoms with Crippen molar-refractivity contribution in [3.63, 3.8) is 0 Å². The Hall–Kier alpha value is -1.95. The molecule has 6 nitrogen and oxygen atoms in total. The van der Waals surface area contributed by atoms with E-state index >= 15 is 0 Å². The lowest BCUT2D eigenvalue weighted by molar-refractivity contribution is -0.142. The van der Waals surface area contributed by atoms with Crippen molar-refractivity contribution < 1.29 is 28.6 Å². The van der Waals surface area contributed by atoms with Crippen molar-refractivity contribution in [1.29, 1.82) is 0 Å². The van der Waals surface area contributed by atoms with Crippen LogP contribution in [0.4, 0.5) is 0 Å². The fraction of sp³-hybridized carbons (Fsp3) is 0.500. The highest BCUT2D eigenvalue weighted by atomic mass is 16.5. The molecule has 0 spiro atoms. The molecule has 0 aliphatic rings. The largest absolute Gasteiger partial charge is 0.466 e. The van der Waals surface area contributed by atoms with Gasteiger partial charge in [-0.1, -0.05) is 6.92 Å². The third-order valence-corrected chi connectivity index (χ3v) is 2.16. The number of methoxy groups -OCH3 is 1. The summed E-state index contributed by atoms with van der Waals surface area (Å²) in [5, 5.41) is 0. The smallest absolute Gasteiger partial charge is 0.330 e. The molecule has 20 heavy (non-hydrogen) atoms. The first-order valence-corrected chi connectivity index (χ1v) is 6.11. The van der Waals surface area contributed by atoms with Crippen molar-refractivity contribution in [2.45, 2.75) is 13.8 Å². The average molecular weight is 284 g/mol. The van der Waals surface area contributed by atoms with Crippen LogP contribution in [0.25, 0.3) is 0 Å². The van der Waals surface area contributed by atoms with Gasteiger partial charge in [-0.3, -0.25) is 9.59 Å². The number of rotatable bonds is 9. The molecule has 112 valence electrons. The highest BCUT2D eigenvalue weighted by Crippen LogP contribution is 2.02. The number of hydrogen-bond donors (Lipinski definition) is 0. The number of carbonyl (C=O) groups excluding carboxylic acids is 3. The Balaban J connectivity index is 4.13. The Morgan fingerprint density at radius 1 is 1.20 bits per heavy atom. The Bertz CT molecular complexity index is 383. The van der Waals surface area contributed by atoms with Crippen LogP contribution < -0.4 is 0 Å². The summed E-state index contributed by atoms with van der Waals surface area (Å²) in [7, 11) is 1.27. The van der Waals surface area contributed by atoms with E-state index in [1.807, 2.05) is 6.92 Å². The minimum Gasteiger partial charge on any atom is -0.466 e. The molecule has 0 unspecified atom stereocenters. The number of ether oxygens (including phenoxy) is 3. The van der Waals surface area contributed by atoms with Gasteiger partial charge in [0.1, 0.15) is 6.29 Å². The topological polar surface area (TPSA) is 78.9 Å². The minimum atomic E-state index is -0.509. The molecule has 0 aliphatic carbocycles. The van der Waals surface area contributed by atoms with Crippen LogP contribution in [0.3, 0.4) is 0 Å². The number of hydrogen-bond acceptors (Lipinski definition) is 6. The lowest BCUT2D eigenvalue weighted by Gasteiger charge is -2.12. The molecule has 0 aliphatic heterocycles. The van der Waals surface area contributed by atoms with Gasteiger partial charge < -0.3 is 14.2 Å². The highest BCUT2D eigenvalue weighted by Gasteiger charge is 2.05. The summed E-state index contributed by atoms with van der Waals surface area (Å²) in [4.78, 5) is 32.0. The first-order valence-electron chi connectivity index (χ1n) is 6.11. The van der Waals surface area contributed by atoms with Crippen LogP contribution in [0.5, 0.6) is 0 Å².